The van der Waals surface area contributed by atoms with E-state index in [1.54, 1.807) is 0 Å². The lowest BCUT2D eigenvalue weighted by Gasteiger charge is -2.35. The first-order valence-corrected chi connectivity index (χ1v) is 6.48. The third-order valence-electron chi connectivity index (χ3n) is 3.12. The maximum atomic E-state index is 10.7. The van der Waals surface area contributed by atoms with Crippen molar-refractivity contribution >= 4 is 5.97 Å². The zero-order valence-electron chi connectivity index (χ0n) is 11.9. The first-order valence-electron chi connectivity index (χ1n) is 6.48. The maximum Gasteiger partial charge on any atom is 0.304 e. The van der Waals surface area contributed by atoms with E-state index >= 15 is 0 Å². The highest BCUT2D eigenvalue weighted by molar-refractivity contribution is 5.66. The van der Waals surface area contributed by atoms with E-state index in [9.17, 15) is 4.79 Å². The molecule has 19 heavy (non-hydrogen) atoms. The minimum atomic E-state index is -0.773. The Bertz CT molecular complexity index is 406. The molecule has 106 valence electrons. The minimum Gasteiger partial charge on any atom is -0.481 e. The number of benzene rings is 1. The van der Waals surface area contributed by atoms with Crippen molar-refractivity contribution in [3.05, 3.63) is 35.4 Å². The molecule has 4 nitrogen and oxygen atoms in total. The van der Waals surface area contributed by atoms with E-state index in [-0.39, 0.29) is 18.6 Å². The number of carboxylic acids is 1. The summed E-state index contributed by atoms with van der Waals surface area (Å²) >= 11 is 0. The number of aliphatic hydroxyl groups is 1. The van der Waals surface area contributed by atoms with E-state index in [0.29, 0.717) is 13.1 Å². The number of nitrogens with zero attached hydrogens (tertiary/aromatic N) is 1. The largest absolute Gasteiger partial charge is 0.481 e. The molecule has 0 aliphatic rings. The summed E-state index contributed by atoms with van der Waals surface area (Å²) in [5.41, 5.74) is 1.93. The highest BCUT2D eigenvalue weighted by Gasteiger charge is 2.21. The Morgan fingerprint density at radius 3 is 2.11 bits per heavy atom. The van der Waals surface area contributed by atoms with Gasteiger partial charge in [-0.1, -0.05) is 24.3 Å². The molecule has 1 aromatic carbocycles. The molecular formula is C15H23NO3. The van der Waals surface area contributed by atoms with Gasteiger partial charge in [0.15, 0.2) is 0 Å². The second-order valence-electron chi connectivity index (χ2n) is 5.71. The molecule has 0 unspecified atom stereocenters. The van der Waals surface area contributed by atoms with Crippen LogP contribution in [0, 0.1) is 0 Å². The number of hydrogen-bond acceptors (Lipinski definition) is 3. The maximum absolute atomic E-state index is 10.7. The normalized spacial score (nSPS) is 11.8. The molecule has 0 bridgehead atoms. The fourth-order valence-corrected chi connectivity index (χ4v) is 1.85. The summed E-state index contributed by atoms with van der Waals surface area (Å²) in [6, 6.07) is 7.75. The quantitative estimate of drug-likeness (QED) is 0.828. The Hall–Kier alpha value is -1.39. The van der Waals surface area contributed by atoms with E-state index in [2.05, 4.69) is 25.7 Å². The number of aliphatic carboxylic acids is 1. The molecule has 0 aromatic heterocycles. The summed E-state index contributed by atoms with van der Waals surface area (Å²) in [5.74, 6) is -0.773. The molecule has 0 fully saturated rings. The predicted molar refractivity (Wildman–Crippen MR) is 74.8 cm³/mol. The average molecular weight is 265 g/mol. The van der Waals surface area contributed by atoms with Crippen molar-refractivity contribution in [3.63, 3.8) is 0 Å². The van der Waals surface area contributed by atoms with Gasteiger partial charge in [-0.25, -0.2) is 0 Å². The van der Waals surface area contributed by atoms with Crippen LogP contribution in [0.25, 0.3) is 0 Å². The Morgan fingerprint density at radius 1 is 1.16 bits per heavy atom. The summed E-state index contributed by atoms with van der Waals surface area (Å²) in [5, 5.41) is 17.8. The van der Waals surface area contributed by atoms with Gasteiger partial charge >= 0.3 is 5.97 Å². The molecule has 4 heteroatoms. The average Bonchev–Trinajstić information content (AvgIpc) is 2.33. The highest BCUT2D eigenvalue weighted by Crippen LogP contribution is 2.18. The lowest BCUT2D eigenvalue weighted by atomic mass is 10.0. The second kappa shape index (κ2) is 6.68. The molecule has 2 N–H and O–H groups in total. The van der Waals surface area contributed by atoms with E-state index in [0.717, 1.165) is 11.1 Å². The fourth-order valence-electron chi connectivity index (χ4n) is 1.85. The molecule has 0 saturated heterocycles. The van der Waals surface area contributed by atoms with Gasteiger partial charge in [0.2, 0.25) is 0 Å². The monoisotopic (exact) mass is 265 g/mol. The standard InChI is InChI=1S/C15H23NO3/c1-15(2,3)16(9-8-14(18)19)10-12-4-6-13(11-17)7-5-12/h4-7,17H,8-11H2,1-3H3,(H,18,19). The van der Waals surface area contributed by atoms with Crippen LogP contribution in [0.15, 0.2) is 24.3 Å². The third-order valence-corrected chi connectivity index (χ3v) is 3.12. The topological polar surface area (TPSA) is 60.8 Å². The summed E-state index contributed by atoms with van der Waals surface area (Å²) in [4.78, 5) is 12.9. The number of aliphatic hydroxyl groups excluding tert-OH is 1. The van der Waals surface area contributed by atoms with Crippen molar-refractivity contribution in [2.45, 2.75) is 45.9 Å². The van der Waals surface area contributed by atoms with Crippen LogP contribution in [-0.2, 0) is 17.9 Å². The fraction of sp³-hybridized carbons (Fsp3) is 0.533. The van der Waals surface area contributed by atoms with Crippen LogP contribution < -0.4 is 0 Å². The highest BCUT2D eigenvalue weighted by atomic mass is 16.4. The molecule has 0 amide bonds. The van der Waals surface area contributed by atoms with E-state index in [1.165, 1.54) is 0 Å². The van der Waals surface area contributed by atoms with Gasteiger partial charge in [0, 0.05) is 18.6 Å². The van der Waals surface area contributed by atoms with Gasteiger partial charge in [-0.3, -0.25) is 9.69 Å². The van der Waals surface area contributed by atoms with Crippen LogP contribution in [0.4, 0.5) is 0 Å². The molecule has 0 saturated carbocycles. The number of carbonyl (C=O) groups is 1. The van der Waals surface area contributed by atoms with Gasteiger partial charge in [0.05, 0.1) is 13.0 Å². The smallest absolute Gasteiger partial charge is 0.304 e. The van der Waals surface area contributed by atoms with Crippen molar-refractivity contribution in [1.82, 2.24) is 4.90 Å². The second-order valence-corrected chi connectivity index (χ2v) is 5.71. The van der Waals surface area contributed by atoms with Crippen molar-refractivity contribution in [1.29, 1.82) is 0 Å². The summed E-state index contributed by atoms with van der Waals surface area (Å²) in [6.07, 6.45) is 0.145. The minimum absolute atomic E-state index is 0.0439. The Labute approximate surface area is 114 Å². The van der Waals surface area contributed by atoms with Crippen molar-refractivity contribution in [2.75, 3.05) is 6.54 Å². The van der Waals surface area contributed by atoms with Gasteiger partial charge in [-0.2, -0.15) is 0 Å². The first kappa shape index (κ1) is 15.7. The summed E-state index contributed by atoms with van der Waals surface area (Å²) < 4.78 is 0. The molecule has 0 aliphatic carbocycles. The third kappa shape index (κ3) is 5.41. The van der Waals surface area contributed by atoms with E-state index in [4.69, 9.17) is 10.2 Å². The van der Waals surface area contributed by atoms with Crippen LogP contribution in [0.2, 0.25) is 0 Å². The molecule has 1 aromatic rings. The Balaban J connectivity index is 2.72. The molecule has 0 spiro atoms. The predicted octanol–water partition coefficient (Wildman–Crippen LogP) is 2.25. The van der Waals surface area contributed by atoms with Crippen LogP contribution >= 0.6 is 0 Å². The van der Waals surface area contributed by atoms with Gasteiger partial charge in [-0.05, 0) is 31.9 Å². The van der Waals surface area contributed by atoms with Crippen molar-refractivity contribution in [2.24, 2.45) is 0 Å². The Kier molecular flexibility index (Phi) is 5.51. The number of hydrogen-bond donors (Lipinski definition) is 2. The van der Waals surface area contributed by atoms with Gasteiger partial charge in [-0.15, -0.1) is 0 Å². The van der Waals surface area contributed by atoms with Gasteiger partial charge in [0.1, 0.15) is 0 Å². The van der Waals surface area contributed by atoms with Crippen molar-refractivity contribution < 1.29 is 15.0 Å². The molecule has 0 heterocycles. The van der Waals surface area contributed by atoms with E-state index < -0.39 is 5.97 Å². The molecule has 0 atom stereocenters. The van der Waals surface area contributed by atoms with Gasteiger partial charge < -0.3 is 10.2 Å². The SMILES string of the molecule is CC(C)(C)N(CCC(=O)O)Cc1ccc(CO)cc1. The molecular weight excluding hydrogens is 242 g/mol. The number of rotatable bonds is 6. The zero-order valence-corrected chi connectivity index (χ0v) is 11.9. The zero-order chi connectivity index (χ0) is 14.5. The molecule has 0 aliphatic heterocycles. The van der Waals surface area contributed by atoms with Crippen LogP contribution in [-0.4, -0.2) is 33.2 Å². The van der Waals surface area contributed by atoms with E-state index in [1.807, 2.05) is 24.3 Å². The summed E-state index contributed by atoms with van der Waals surface area (Å²) in [7, 11) is 0. The number of carboxylic acid groups (broad SMARTS) is 1. The lowest BCUT2D eigenvalue weighted by Crippen LogP contribution is -2.42. The first-order chi connectivity index (χ1) is 8.82. The van der Waals surface area contributed by atoms with Crippen LogP contribution in [0.3, 0.4) is 0 Å². The van der Waals surface area contributed by atoms with Gasteiger partial charge in [0.25, 0.3) is 0 Å². The molecule has 0 radical (unpaired) electrons. The Morgan fingerprint density at radius 2 is 1.68 bits per heavy atom. The molecule has 1 rings (SSSR count). The van der Waals surface area contributed by atoms with Crippen LogP contribution in [0.5, 0.6) is 0 Å². The van der Waals surface area contributed by atoms with Crippen molar-refractivity contribution in [3.8, 4) is 0 Å². The van der Waals surface area contributed by atoms with Crippen LogP contribution in [0.1, 0.15) is 38.3 Å². The lowest BCUT2D eigenvalue weighted by molar-refractivity contribution is -0.137. The summed E-state index contributed by atoms with van der Waals surface area (Å²) in [6.45, 7) is 7.52.